The van der Waals surface area contributed by atoms with Crippen LogP contribution >= 0.6 is 0 Å². The molecule has 0 aliphatic heterocycles. The number of aryl methyl sites for hydroxylation is 1. The summed E-state index contributed by atoms with van der Waals surface area (Å²) in [5, 5.41) is 2.71. The Balaban J connectivity index is 0.00000169. The van der Waals surface area contributed by atoms with Crippen molar-refractivity contribution in [3.05, 3.63) is 42.5 Å². The van der Waals surface area contributed by atoms with Crippen LogP contribution in [0.1, 0.15) is 13.9 Å². The summed E-state index contributed by atoms with van der Waals surface area (Å²) < 4.78 is 0. The second-order valence-corrected chi connectivity index (χ2v) is 2.75. The van der Waals surface area contributed by atoms with Crippen molar-refractivity contribution in [2.45, 2.75) is 13.3 Å². The number of nitrogens with one attached hydrogen (secondary N) is 1. The number of hydrogen-bond donors (Lipinski definition) is 1. The van der Waals surface area contributed by atoms with Gasteiger partial charge in [0.25, 0.3) is 0 Å². The lowest BCUT2D eigenvalue weighted by molar-refractivity contribution is -0.111. The first-order valence-corrected chi connectivity index (χ1v) is 4.28. The molecule has 1 N–H and O–H groups in total. The van der Waals surface area contributed by atoms with E-state index in [0.717, 1.165) is 12.1 Å². The molecule has 1 aromatic carbocycles. The van der Waals surface area contributed by atoms with Gasteiger partial charge in [-0.25, -0.2) is 0 Å². The van der Waals surface area contributed by atoms with E-state index in [9.17, 15) is 4.79 Å². The van der Waals surface area contributed by atoms with E-state index in [2.05, 4.69) is 18.8 Å². The Morgan fingerprint density at radius 3 is 3.08 bits per heavy atom. The summed E-state index contributed by atoms with van der Waals surface area (Å²) in [4.78, 5) is 11.0. The fraction of sp³-hybridized carbons (Fsp3) is 0.182. The standard InChI is InChI=1S/C11H13NO.H2/c1-3-9-6-5-7-10(8-9)12-11(13)4-2;/h4-8H,2-3H2,1H3,(H,12,13);1H. The highest BCUT2D eigenvalue weighted by atomic mass is 16.1. The van der Waals surface area contributed by atoms with Crippen molar-refractivity contribution in [3.63, 3.8) is 0 Å². The van der Waals surface area contributed by atoms with Gasteiger partial charge in [0.15, 0.2) is 0 Å². The zero-order valence-electron chi connectivity index (χ0n) is 7.71. The van der Waals surface area contributed by atoms with Crippen LogP contribution in [0.25, 0.3) is 0 Å². The van der Waals surface area contributed by atoms with E-state index in [1.807, 2.05) is 24.3 Å². The van der Waals surface area contributed by atoms with Crippen molar-refractivity contribution in [1.29, 1.82) is 0 Å². The molecule has 1 rings (SSSR count). The monoisotopic (exact) mass is 177 g/mol. The molecule has 70 valence electrons. The largest absolute Gasteiger partial charge is 0.323 e. The van der Waals surface area contributed by atoms with Gasteiger partial charge in [-0.15, -0.1) is 0 Å². The molecule has 0 bridgehead atoms. The summed E-state index contributed by atoms with van der Waals surface area (Å²) in [7, 11) is 0. The van der Waals surface area contributed by atoms with Crippen LogP contribution in [-0.2, 0) is 11.2 Å². The first kappa shape index (κ1) is 9.52. The normalized spacial score (nSPS) is 9.31. The molecule has 0 fully saturated rings. The van der Waals surface area contributed by atoms with Gasteiger partial charge in [-0.2, -0.15) is 0 Å². The molecular formula is C11H15NO. The molecule has 0 aromatic heterocycles. The van der Waals surface area contributed by atoms with Gasteiger partial charge in [-0.1, -0.05) is 25.6 Å². The predicted molar refractivity (Wildman–Crippen MR) is 56.8 cm³/mol. The molecule has 0 atom stereocenters. The van der Waals surface area contributed by atoms with Crippen LogP contribution in [0.4, 0.5) is 5.69 Å². The molecule has 1 amide bonds. The number of amides is 1. The molecule has 0 saturated carbocycles. The van der Waals surface area contributed by atoms with Crippen LogP contribution in [0.2, 0.25) is 0 Å². The summed E-state index contributed by atoms with van der Waals surface area (Å²) >= 11 is 0. The highest BCUT2D eigenvalue weighted by Gasteiger charge is 1.96. The Morgan fingerprint density at radius 2 is 2.46 bits per heavy atom. The molecule has 0 aliphatic carbocycles. The molecule has 2 heteroatoms. The van der Waals surface area contributed by atoms with Crippen LogP contribution in [-0.4, -0.2) is 5.91 Å². The molecule has 1 aromatic rings. The van der Waals surface area contributed by atoms with Gasteiger partial charge in [0.05, 0.1) is 0 Å². The molecule has 0 spiro atoms. The molecule has 0 unspecified atom stereocenters. The van der Waals surface area contributed by atoms with Gasteiger partial charge in [0, 0.05) is 7.11 Å². The highest BCUT2D eigenvalue weighted by molar-refractivity contribution is 5.98. The van der Waals surface area contributed by atoms with Crippen LogP contribution < -0.4 is 5.32 Å². The summed E-state index contributed by atoms with van der Waals surface area (Å²) in [6.07, 6.45) is 2.23. The second-order valence-electron chi connectivity index (χ2n) is 2.75. The number of hydrogen-bond acceptors (Lipinski definition) is 1. The molecular weight excluding hydrogens is 162 g/mol. The Kier molecular flexibility index (Phi) is 3.26. The van der Waals surface area contributed by atoms with E-state index in [0.29, 0.717) is 0 Å². The van der Waals surface area contributed by atoms with Gasteiger partial charge in [-0.05, 0) is 30.2 Å². The SMILES string of the molecule is C=CC(=O)Nc1cccc(CC)c1.[HH]. The van der Waals surface area contributed by atoms with E-state index in [4.69, 9.17) is 0 Å². The summed E-state index contributed by atoms with van der Waals surface area (Å²) in [6, 6.07) is 7.78. The Morgan fingerprint density at radius 1 is 1.69 bits per heavy atom. The molecule has 13 heavy (non-hydrogen) atoms. The molecule has 0 saturated heterocycles. The molecule has 0 heterocycles. The van der Waals surface area contributed by atoms with E-state index in [1.165, 1.54) is 11.6 Å². The molecule has 0 aliphatic rings. The average Bonchev–Trinajstić information content (AvgIpc) is 2.18. The molecule has 2 nitrogen and oxygen atoms in total. The van der Waals surface area contributed by atoms with Gasteiger partial charge >= 0.3 is 0 Å². The van der Waals surface area contributed by atoms with Crippen molar-refractivity contribution in [1.82, 2.24) is 0 Å². The molecule has 0 radical (unpaired) electrons. The maximum atomic E-state index is 11.0. The van der Waals surface area contributed by atoms with Crippen molar-refractivity contribution >= 4 is 11.6 Å². The zero-order valence-corrected chi connectivity index (χ0v) is 7.71. The Hall–Kier alpha value is -1.57. The van der Waals surface area contributed by atoms with Gasteiger partial charge in [0.2, 0.25) is 5.91 Å². The Bertz CT molecular complexity index is 323. The number of benzene rings is 1. The number of anilines is 1. The average molecular weight is 177 g/mol. The van der Waals surface area contributed by atoms with Crippen molar-refractivity contribution in [3.8, 4) is 0 Å². The van der Waals surface area contributed by atoms with E-state index in [-0.39, 0.29) is 7.33 Å². The van der Waals surface area contributed by atoms with Crippen molar-refractivity contribution in [2.75, 3.05) is 5.32 Å². The van der Waals surface area contributed by atoms with Gasteiger partial charge < -0.3 is 5.32 Å². The lowest BCUT2D eigenvalue weighted by Gasteiger charge is -2.03. The Labute approximate surface area is 79.8 Å². The first-order valence-electron chi connectivity index (χ1n) is 4.28. The third kappa shape index (κ3) is 2.75. The maximum absolute atomic E-state index is 11.0. The first-order chi connectivity index (χ1) is 6.26. The minimum Gasteiger partial charge on any atom is -0.323 e. The van der Waals surface area contributed by atoms with Crippen LogP contribution in [0.3, 0.4) is 0 Å². The highest BCUT2D eigenvalue weighted by Crippen LogP contribution is 2.10. The number of rotatable bonds is 3. The lowest BCUT2D eigenvalue weighted by atomic mass is 10.1. The van der Waals surface area contributed by atoms with Crippen LogP contribution in [0, 0.1) is 0 Å². The van der Waals surface area contributed by atoms with E-state index >= 15 is 0 Å². The smallest absolute Gasteiger partial charge is 0.247 e. The third-order valence-corrected chi connectivity index (χ3v) is 1.79. The van der Waals surface area contributed by atoms with Crippen molar-refractivity contribution < 1.29 is 6.22 Å². The van der Waals surface area contributed by atoms with Gasteiger partial charge in [-0.3, -0.25) is 4.79 Å². The maximum Gasteiger partial charge on any atom is 0.247 e. The minimum atomic E-state index is -0.173. The fourth-order valence-electron chi connectivity index (χ4n) is 1.06. The topological polar surface area (TPSA) is 29.1 Å². The quantitative estimate of drug-likeness (QED) is 0.706. The van der Waals surface area contributed by atoms with Gasteiger partial charge in [0.1, 0.15) is 0 Å². The van der Waals surface area contributed by atoms with Crippen LogP contribution in [0.15, 0.2) is 36.9 Å². The zero-order chi connectivity index (χ0) is 9.68. The number of carbonyl (C=O) groups excluding carboxylic acids is 1. The lowest BCUT2D eigenvalue weighted by Crippen LogP contribution is -2.07. The summed E-state index contributed by atoms with van der Waals surface area (Å²) in [5.41, 5.74) is 2.03. The van der Waals surface area contributed by atoms with E-state index in [1.54, 1.807) is 0 Å². The predicted octanol–water partition coefficient (Wildman–Crippen LogP) is 2.62. The summed E-state index contributed by atoms with van der Waals surface area (Å²) in [5.74, 6) is -0.173. The minimum absolute atomic E-state index is 0. The summed E-state index contributed by atoms with van der Waals surface area (Å²) in [6.45, 7) is 5.47. The second kappa shape index (κ2) is 4.45. The van der Waals surface area contributed by atoms with Crippen molar-refractivity contribution in [2.24, 2.45) is 0 Å². The fourth-order valence-corrected chi connectivity index (χ4v) is 1.06. The third-order valence-electron chi connectivity index (χ3n) is 1.79. The number of carbonyl (C=O) groups is 1. The van der Waals surface area contributed by atoms with E-state index < -0.39 is 0 Å². The van der Waals surface area contributed by atoms with Crippen LogP contribution in [0.5, 0.6) is 0 Å².